The molecule has 0 saturated heterocycles. The summed E-state index contributed by atoms with van der Waals surface area (Å²) < 4.78 is 1.69. The largest absolute Gasteiger partial charge is 0.351 e. The molecule has 0 radical (unpaired) electrons. The Balaban J connectivity index is 2.23. The average Bonchev–Trinajstić information content (AvgIpc) is 2.72. The van der Waals surface area contributed by atoms with Gasteiger partial charge in [-0.1, -0.05) is 0 Å². The van der Waals surface area contributed by atoms with Gasteiger partial charge in [0, 0.05) is 19.3 Å². The third kappa shape index (κ3) is 1.94. The molecular formula is C9H11N5O. The molecule has 0 atom stereocenters. The zero-order chi connectivity index (χ0) is 10.7. The molecule has 2 aromatic rings. The fourth-order valence-electron chi connectivity index (χ4n) is 1.25. The number of fused-ring (bicyclic) bond motifs is 1. The zero-order valence-electron chi connectivity index (χ0n) is 8.05. The maximum absolute atomic E-state index is 11.5. The van der Waals surface area contributed by atoms with Gasteiger partial charge in [0.25, 0.3) is 5.91 Å². The number of hydrogen-bond donors (Lipinski definition) is 2. The molecular weight excluding hydrogens is 194 g/mol. The quantitative estimate of drug-likeness (QED) is 0.701. The highest BCUT2D eigenvalue weighted by Crippen LogP contribution is 2.02. The van der Waals surface area contributed by atoms with Crippen LogP contribution in [0.2, 0.25) is 0 Å². The van der Waals surface area contributed by atoms with E-state index in [2.05, 4.69) is 15.5 Å². The molecule has 0 unspecified atom stereocenters. The van der Waals surface area contributed by atoms with Gasteiger partial charge in [-0.05, 0) is 12.1 Å². The molecule has 0 aliphatic carbocycles. The third-order valence-corrected chi connectivity index (χ3v) is 1.98. The van der Waals surface area contributed by atoms with Crippen molar-refractivity contribution in [1.29, 1.82) is 0 Å². The molecule has 78 valence electrons. The van der Waals surface area contributed by atoms with Crippen LogP contribution in [-0.4, -0.2) is 33.6 Å². The van der Waals surface area contributed by atoms with Gasteiger partial charge in [0.1, 0.15) is 6.33 Å². The molecule has 0 aromatic carbocycles. The lowest BCUT2D eigenvalue weighted by Crippen LogP contribution is -2.29. The zero-order valence-corrected chi connectivity index (χ0v) is 8.05. The number of carbonyl (C=O) groups excluding carboxylic acids is 1. The molecule has 6 heteroatoms. The summed E-state index contributed by atoms with van der Waals surface area (Å²) in [6.07, 6.45) is 3.23. The molecule has 0 spiro atoms. The van der Waals surface area contributed by atoms with Crippen LogP contribution in [0.5, 0.6) is 0 Å². The second kappa shape index (κ2) is 4.05. The van der Waals surface area contributed by atoms with Gasteiger partial charge in [0.2, 0.25) is 0 Å². The topological polar surface area (TPSA) is 85.3 Å². The number of hydrogen-bond acceptors (Lipinski definition) is 4. The van der Waals surface area contributed by atoms with Crippen LogP contribution in [0.1, 0.15) is 10.4 Å². The number of carbonyl (C=O) groups is 1. The van der Waals surface area contributed by atoms with E-state index in [1.807, 2.05) is 0 Å². The van der Waals surface area contributed by atoms with Gasteiger partial charge in [-0.3, -0.25) is 9.20 Å². The smallest absolute Gasteiger partial charge is 0.252 e. The number of pyridine rings is 1. The van der Waals surface area contributed by atoms with E-state index in [1.54, 1.807) is 29.1 Å². The number of aromatic nitrogens is 3. The maximum Gasteiger partial charge on any atom is 0.252 e. The minimum Gasteiger partial charge on any atom is -0.351 e. The molecule has 0 aliphatic rings. The van der Waals surface area contributed by atoms with Crippen LogP contribution >= 0.6 is 0 Å². The van der Waals surface area contributed by atoms with Gasteiger partial charge >= 0.3 is 0 Å². The van der Waals surface area contributed by atoms with Crippen molar-refractivity contribution in [1.82, 2.24) is 19.9 Å². The second-order valence-electron chi connectivity index (χ2n) is 3.06. The average molecular weight is 205 g/mol. The van der Waals surface area contributed by atoms with Gasteiger partial charge in [0.05, 0.1) is 5.56 Å². The highest BCUT2D eigenvalue weighted by molar-refractivity contribution is 5.94. The van der Waals surface area contributed by atoms with Gasteiger partial charge in [-0.15, -0.1) is 10.2 Å². The van der Waals surface area contributed by atoms with Crippen LogP contribution in [0.25, 0.3) is 5.65 Å². The van der Waals surface area contributed by atoms with Crippen LogP contribution < -0.4 is 11.1 Å². The summed E-state index contributed by atoms with van der Waals surface area (Å²) in [4.78, 5) is 11.5. The van der Waals surface area contributed by atoms with Crippen LogP contribution in [0.3, 0.4) is 0 Å². The monoisotopic (exact) mass is 205 g/mol. The third-order valence-electron chi connectivity index (χ3n) is 1.98. The van der Waals surface area contributed by atoms with Crippen LogP contribution in [-0.2, 0) is 0 Å². The SMILES string of the molecule is NCCNC(=O)c1ccc2nncn2c1. The predicted molar refractivity (Wildman–Crippen MR) is 54.4 cm³/mol. The first kappa shape index (κ1) is 9.60. The molecule has 6 nitrogen and oxygen atoms in total. The van der Waals surface area contributed by atoms with E-state index in [1.165, 1.54) is 0 Å². The Morgan fingerprint density at radius 3 is 3.20 bits per heavy atom. The lowest BCUT2D eigenvalue weighted by molar-refractivity contribution is 0.0954. The van der Waals surface area contributed by atoms with E-state index in [-0.39, 0.29) is 5.91 Å². The summed E-state index contributed by atoms with van der Waals surface area (Å²) in [5.41, 5.74) is 6.57. The standard InChI is InChI=1S/C9H11N5O/c10-3-4-11-9(15)7-1-2-8-13-12-6-14(8)5-7/h1-2,5-6H,3-4,10H2,(H,11,15). The molecule has 2 rings (SSSR count). The van der Waals surface area contributed by atoms with E-state index in [0.29, 0.717) is 24.3 Å². The minimum absolute atomic E-state index is 0.143. The van der Waals surface area contributed by atoms with E-state index in [9.17, 15) is 4.79 Å². The van der Waals surface area contributed by atoms with Crippen molar-refractivity contribution >= 4 is 11.6 Å². The molecule has 0 aliphatic heterocycles. The Kier molecular flexibility index (Phi) is 2.59. The highest BCUT2D eigenvalue weighted by Gasteiger charge is 2.05. The normalized spacial score (nSPS) is 10.5. The molecule has 2 heterocycles. The Morgan fingerprint density at radius 1 is 1.53 bits per heavy atom. The highest BCUT2D eigenvalue weighted by atomic mass is 16.1. The summed E-state index contributed by atoms with van der Waals surface area (Å²) in [7, 11) is 0. The van der Waals surface area contributed by atoms with Crippen molar-refractivity contribution in [3.63, 3.8) is 0 Å². The Morgan fingerprint density at radius 2 is 2.40 bits per heavy atom. The summed E-state index contributed by atoms with van der Waals surface area (Å²) in [6.45, 7) is 0.902. The van der Waals surface area contributed by atoms with E-state index < -0.39 is 0 Å². The molecule has 3 N–H and O–H groups in total. The molecule has 0 bridgehead atoms. The van der Waals surface area contributed by atoms with Crippen molar-refractivity contribution in [2.45, 2.75) is 0 Å². The summed E-state index contributed by atoms with van der Waals surface area (Å²) in [5.74, 6) is -0.143. The fraction of sp³-hybridized carbons (Fsp3) is 0.222. The number of rotatable bonds is 3. The van der Waals surface area contributed by atoms with Crippen molar-refractivity contribution in [3.8, 4) is 0 Å². The lowest BCUT2D eigenvalue weighted by atomic mass is 10.2. The van der Waals surface area contributed by atoms with Crippen LogP contribution in [0, 0.1) is 0 Å². The number of nitrogens with zero attached hydrogens (tertiary/aromatic N) is 3. The van der Waals surface area contributed by atoms with Gasteiger partial charge in [0.15, 0.2) is 5.65 Å². The lowest BCUT2D eigenvalue weighted by Gasteiger charge is -2.03. The Labute approximate surface area is 86.1 Å². The first-order chi connectivity index (χ1) is 7.31. The maximum atomic E-state index is 11.5. The van der Waals surface area contributed by atoms with Crippen LogP contribution in [0.15, 0.2) is 24.7 Å². The van der Waals surface area contributed by atoms with E-state index in [4.69, 9.17) is 5.73 Å². The predicted octanol–water partition coefficient (Wildman–Crippen LogP) is -0.582. The number of amides is 1. The van der Waals surface area contributed by atoms with Gasteiger partial charge < -0.3 is 11.1 Å². The Hall–Kier alpha value is -1.95. The molecule has 15 heavy (non-hydrogen) atoms. The van der Waals surface area contributed by atoms with Crippen molar-refractivity contribution < 1.29 is 4.79 Å². The Bertz CT molecular complexity index is 478. The van der Waals surface area contributed by atoms with E-state index in [0.717, 1.165) is 0 Å². The molecule has 2 aromatic heterocycles. The summed E-state index contributed by atoms with van der Waals surface area (Å²) in [5, 5.41) is 10.3. The van der Waals surface area contributed by atoms with E-state index >= 15 is 0 Å². The van der Waals surface area contributed by atoms with Crippen LogP contribution in [0.4, 0.5) is 0 Å². The second-order valence-corrected chi connectivity index (χ2v) is 3.06. The molecule has 0 fully saturated rings. The first-order valence-corrected chi connectivity index (χ1v) is 4.59. The number of nitrogens with two attached hydrogens (primary N) is 1. The van der Waals surface area contributed by atoms with Gasteiger partial charge in [-0.25, -0.2) is 0 Å². The summed E-state index contributed by atoms with van der Waals surface area (Å²) >= 11 is 0. The number of nitrogens with one attached hydrogen (secondary N) is 1. The molecule has 1 amide bonds. The first-order valence-electron chi connectivity index (χ1n) is 4.59. The van der Waals surface area contributed by atoms with Gasteiger partial charge in [-0.2, -0.15) is 0 Å². The molecule has 0 saturated carbocycles. The fourth-order valence-corrected chi connectivity index (χ4v) is 1.25. The minimum atomic E-state index is -0.143. The summed E-state index contributed by atoms with van der Waals surface area (Å²) in [6, 6.07) is 3.44. The van der Waals surface area contributed by atoms with Crippen molar-refractivity contribution in [2.75, 3.05) is 13.1 Å². The van der Waals surface area contributed by atoms with Crippen molar-refractivity contribution in [3.05, 3.63) is 30.2 Å². The van der Waals surface area contributed by atoms with Crippen molar-refractivity contribution in [2.24, 2.45) is 5.73 Å².